The number of imidazole rings is 1. The van der Waals surface area contributed by atoms with Crippen molar-refractivity contribution < 1.29 is 9.26 Å². The summed E-state index contributed by atoms with van der Waals surface area (Å²) in [6, 6.07) is 1.93. The van der Waals surface area contributed by atoms with E-state index in [0.717, 1.165) is 37.0 Å². The van der Waals surface area contributed by atoms with E-state index >= 15 is 0 Å². The quantitative estimate of drug-likeness (QED) is 0.757. The van der Waals surface area contributed by atoms with Crippen LogP contribution in [0.5, 0.6) is 0 Å². The predicted molar refractivity (Wildman–Crippen MR) is 67.6 cm³/mol. The van der Waals surface area contributed by atoms with E-state index in [4.69, 9.17) is 9.26 Å². The van der Waals surface area contributed by atoms with Crippen LogP contribution < -0.4 is 5.32 Å². The van der Waals surface area contributed by atoms with Crippen LogP contribution in [0.4, 0.5) is 5.95 Å². The number of ether oxygens (including phenoxy) is 1. The Balaban J connectivity index is 1.91. The van der Waals surface area contributed by atoms with Crippen molar-refractivity contribution in [1.82, 2.24) is 14.7 Å². The molecule has 0 aliphatic heterocycles. The minimum atomic E-state index is 0.657. The molecule has 0 spiro atoms. The molecule has 0 amide bonds. The van der Waals surface area contributed by atoms with Gasteiger partial charge in [-0.25, -0.2) is 4.98 Å². The molecular weight excluding hydrogens is 232 g/mol. The monoisotopic (exact) mass is 250 g/mol. The molecule has 0 bridgehead atoms. The van der Waals surface area contributed by atoms with Crippen molar-refractivity contribution in [1.29, 1.82) is 0 Å². The summed E-state index contributed by atoms with van der Waals surface area (Å²) in [5.41, 5.74) is 0.894. The fourth-order valence-electron chi connectivity index (χ4n) is 1.69. The number of nitrogens with zero attached hydrogens (tertiary/aromatic N) is 3. The number of rotatable bonds is 7. The van der Waals surface area contributed by atoms with E-state index in [1.54, 1.807) is 13.3 Å². The van der Waals surface area contributed by atoms with Gasteiger partial charge in [-0.15, -0.1) is 0 Å². The summed E-state index contributed by atoms with van der Waals surface area (Å²) in [7, 11) is 1.70. The van der Waals surface area contributed by atoms with Crippen LogP contribution in [0.1, 0.15) is 17.9 Å². The Morgan fingerprint density at radius 3 is 3.11 bits per heavy atom. The van der Waals surface area contributed by atoms with Gasteiger partial charge in [-0.3, -0.25) is 0 Å². The number of nitrogens with one attached hydrogen (secondary N) is 1. The third kappa shape index (κ3) is 3.33. The molecule has 0 atom stereocenters. The summed E-state index contributed by atoms with van der Waals surface area (Å²) in [4.78, 5) is 4.27. The van der Waals surface area contributed by atoms with Gasteiger partial charge < -0.3 is 19.1 Å². The number of aryl methyl sites for hydroxylation is 1. The van der Waals surface area contributed by atoms with Crippen LogP contribution in [-0.2, 0) is 11.3 Å². The molecule has 0 aromatic carbocycles. The van der Waals surface area contributed by atoms with Gasteiger partial charge in [0, 0.05) is 38.7 Å². The Hall–Kier alpha value is -1.82. The van der Waals surface area contributed by atoms with Crippen LogP contribution in [0.15, 0.2) is 23.0 Å². The molecule has 0 saturated carbocycles. The minimum Gasteiger partial charge on any atom is -0.385 e. The Morgan fingerprint density at radius 1 is 1.50 bits per heavy atom. The Morgan fingerprint density at radius 2 is 2.39 bits per heavy atom. The molecule has 0 saturated heterocycles. The highest BCUT2D eigenvalue weighted by Gasteiger charge is 2.05. The van der Waals surface area contributed by atoms with Gasteiger partial charge in [0.1, 0.15) is 11.5 Å². The van der Waals surface area contributed by atoms with Gasteiger partial charge in [0.2, 0.25) is 5.95 Å². The summed E-state index contributed by atoms with van der Waals surface area (Å²) in [6.07, 6.45) is 4.64. The third-order valence-corrected chi connectivity index (χ3v) is 2.53. The Bertz CT molecular complexity index is 478. The average Bonchev–Trinajstić information content (AvgIpc) is 2.95. The molecule has 0 unspecified atom stereocenters. The van der Waals surface area contributed by atoms with E-state index in [9.17, 15) is 0 Å². The van der Waals surface area contributed by atoms with E-state index in [0.29, 0.717) is 6.54 Å². The van der Waals surface area contributed by atoms with Crippen molar-refractivity contribution >= 4 is 5.95 Å². The van der Waals surface area contributed by atoms with E-state index in [1.807, 2.05) is 23.8 Å². The van der Waals surface area contributed by atoms with Crippen molar-refractivity contribution in [3.63, 3.8) is 0 Å². The number of hydrogen-bond donors (Lipinski definition) is 1. The van der Waals surface area contributed by atoms with Crippen LogP contribution in [-0.4, -0.2) is 35.0 Å². The maximum absolute atomic E-state index is 5.05. The van der Waals surface area contributed by atoms with E-state index in [2.05, 4.69) is 15.5 Å². The third-order valence-electron chi connectivity index (χ3n) is 2.53. The Labute approximate surface area is 106 Å². The number of hydrogen-bond acceptors (Lipinski definition) is 5. The van der Waals surface area contributed by atoms with Gasteiger partial charge in [-0.05, 0) is 13.3 Å². The first-order chi connectivity index (χ1) is 8.79. The molecule has 2 aromatic rings. The summed E-state index contributed by atoms with van der Waals surface area (Å²) in [5.74, 6) is 1.66. The normalized spacial score (nSPS) is 10.8. The SMILES string of the molecule is COCCCNc1nccn1Cc1cc(C)on1. The lowest BCUT2D eigenvalue weighted by molar-refractivity contribution is 0.197. The van der Waals surface area contributed by atoms with Crippen LogP contribution in [0.3, 0.4) is 0 Å². The van der Waals surface area contributed by atoms with Gasteiger partial charge in [0.05, 0.1) is 6.54 Å². The number of aromatic nitrogens is 3. The van der Waals surface area contributed by atoms with Crippen molar-refractivity contribution in [2.45, 2.75) is 19.9 Å². The lowest BCUT2D eigenvalue weighted by Crippen LogP contribution is -2.10. The van der Waals surface area contributed by atoms with Gasteiger partial charge in [-0.1, -0.05) is 5.16 Å². The van der Waals surface area contributed by atoms with Gasteiger partial charge >= 0.3 is 0 Å². The largest absolute Gasteiger partial charge is 0.385 e. The molecule has 1 N–H and O–H groups in total. The molecule has 0 aliphatic rings. The molecule has 2 heterocycles. The van der Waals surface area contributed by atoms with Crippen LogP contribution in [0.25, 0.3) is 0 Å². The molecule has 2 rings (SSSR count). The second-order valence-corrected chi connectivity index (χ2v) is 4.08. The molecule has 6 nitrogen and oxygen atoms in total. The van der Waals surface area contributed by atoms with E-state index in [1.165, 1.54) is 0 Å². The summed E-state index contributed by atoms with van der Waals surface area (Å²) >= 11 is 0. The summed E-state index contributed by atoms with van der Waals surface area (Å²) in [5, 5.41) is 7.24. The van der Waals surface area contributed by atoms with Crippen LogP contribution in [0.2, 0.25) is 0 Å². The zero-order valence-corrected chi connectivity index (χ0v) is 10.7. The summed E-state index contributed by atoms with van der Waals surface area (Å²) in [6.45, 7) is 4.12. The number of anilines is 1. The maximum atomic E-state index is 5.05. The minimum absolute atomic E-state index is 0.657. The molecule has 18 heavy (non-hydrogen) atoms. The van der Waals surface area contributed by atoms with Gasteiger partial charge in [0.25, 0.3) is 0 Å². The topological polar surface area (TPSA) is 65.1 Å². The highest BCUT2D eigenvalue weighted by atomic mass is 16.5. The first-order valence-electron chi connectivity index (χ1n) is 5.95. The lowest BCUT2D eigenvalue weighted by atomic mass is 10.4. The van der Waals surface area contributed by atoms with Gasteiger partial charge in [-0.2, -0.15) is 0 Å². The average molecular weight is 250 g/mol. The number of methoxy groups -OCH3 is 1. The standard InChI is InChI=1S/C12H18N4O2/c1-10-8-11(15-18-10)9-16-6-5-14-12(16)13-4-3-7-17-2/h5-6,8H,3-4,7,9H2,1-2H3,(H,13,14). The van der Waals surface area contributed by atoms with E-state index < -0.39 is 0 Å². The second-order valence-electron chi connectivity index (χ2n) is 4.08. The fraction of sp³-hybridized carbons (Fsp3) is 0.500. The fourth-order valence-corrected chi connectivity index (χ4v) is 1.69. The van der Waals surface area contributed by atoms with Crippen LogP contribution in [0, 0.1) is 6.92 Å². The molecular formula is C12H18N4O2. The maximum Gasteiger partial charge on any atom is 0.203 e. The predicted octanol–water partition coefficient (Wildman–Crippen LogP) is 1.68. The van der Waals surface area contributed by atoms with Crippen molar-refractivity contribution in [2.75, 3.05) is 25.6 Å². The zero-order chi connectivity index (χ0) is 12.8. The molecule has 98 valence electrons. The summed E-state index contributed by atoms with van der Waals surface area (Å²) < 4.78 is 12.0. The molecule has 0 aliphatic carbocycles. The molecule has 6 heteroatoms. The molecule has 0 radical (unpaired) electrons. The Kier molecular flexibility index (Phi) is 4.35. The highest BCUT2D eigenvalue weighted by Crippen LogP contribution is 2.09. The first kappa shape index (κ1) is 12.6. The van der Waals surface area contributed by atoms with E-state index in [-0.39, 0.29) is 0 Å². The highest BCUT2D eigenvalue weighted by molar-refractivity contribution is 5.26. The lowest BCUT2D eigenvalue weighted by Gasteiger charge is -2.07. The van der Waals surface area contributed by atoms with Crippen molar-refractivity contribution in [3.8, 4) is 0 Å². The molecule has 2 aromatic heterocycles. The van der Waals surface area contributed by atoms with Gasteiger partial charge in [0.15, 0.2) is 0 Å². The van der Waals surface area contributed by atoms with Crippen molar-refractivity contribution in [3.05, 3.63) is 29.9 Å². The first-order valence-corrected chi connectivity index (χ1v) is 5.95. The van der Waals surface area contributed by atoms with Crippen molar-refractivity contribution in [2.24, 2.45) is 0 Å². The molecule has 0 fully saturated rings. The zero-order valence-electron chi connectivity index (χ0n) is 10.7. The van der Waals surface area contributed by atoms with Crippen LogP contribution >= 0.6 is 0 Å². The smallest absolute Gasteiger partial charge is 0.203 e. The second kappa shape index (κ2) is 6.20.